The molecule has 1 heterocycles. The van der Waals surface area contributed by atoms with E-state index in [2.05, 4.69) is 256 Å². The lowest BCUT2D eigenvalue weighted by atomic mass is 9.82. The number of hydrogen-bond donors (Lipinski definition) is 0. The van der Waals surface area contributed by atoms with Gasteiger partial charge in [-0.05, 0) is 159 Å². The molecule has 0 amide bonds. The molecule has 11 aromatic rings. The summed E-state index contributed by atoms with van der Waals surface area (Å²) in [5.74, 6) is 0. The van der Waals surface area contributed by atoms with Crippen LogP contribution >= 0.6 is 0 Å². The van der Waals surface area contributed by atoms with E-state index in [1.807, 2.05) is 0 Å². The van der Waals surface area contributed by atoms with Crippen LogP contribution in [0.2, 0.25) is 0 Å². The van der Waals surface area contributed by atoms with Crippen LogP contribution in [0.5, 0.6) is 0 Å². The van der Waals surface area contributed by atoms with Gasteiger partial charge in [0.15, 0.2) is 0 Å². The van der Waals surface area contributed by atoms with E-state index in [1.54, 1.807) is 0 Å². The van der Waals surface area contributed by atoms with E-state index in [0.717, 1.165) is 17.1 Å². The number of aryl methyl sites for hydroxylation is 2. The summed E-state index contributed by atoms with van der Waals surface area (Å²) in [5.41, 5.74) is 22.0. The minimum atomic E-state index is -0.103. The molecule has 2 nitrogen and oxygen atoms in total. The highest BCUT2D eigenvalue weighted by Crippen LogP contribution is 2.51. The van der Waals surface area contributed by atoms with Crippen molar-refractivity contribution >= 4 is 49.6 Å². The topological polar surface area (TPSA) is 8.17 Å². The van der Waals surface area contributed by atoms with Crippen molar-refractivity contribution in [2.75, 3.05) is 4.90 Å². The van der Waals surface area contributed by atoms with Crippen molar-refractivity contribution in [1.29, 1.82) is 0 Å². The summed E-state index contributed by atoms with van der Waals surface area (Å²) < 4.78 is 2.44. The van der Waals surface area contributed by atoms with Gasteiger partial charge in [-0.1, -0.05) is 165 Å². The largest absolute Gasteiger partial charge is 0.310 e. The number of aromatic nitrogens is 1. The maximum absolute atomic E-state index is 2.44. The Balaban J connectivity index is 0.933. The summed E-state index contributed by atoms with van der Waals surface area (Å²) in [6.07, 6.45) is 0. The Morgan fingerprint density at radius 1 is 0.354 bits per heavy atom. The van der Waals surface area contributed by atoms with Crippen LogP contribution in [-0.2, 0) is 5.41 Å². The molecule has 0 saturated heterocycles. The molecule has 0 N–H and O–H groups in total. The van der Waals surface area contributed by atoms with Crippen molar-refractivity contribution in [3.63, 3.8) is 0 Å². The first-order valence-corrected chi connectivity index (χ1v) is 22.7. The predicted octanol–water partition coefficient (Wildman–Crippen LogP) is 17.3. The first kappa shape index (κ1) is 38.7. The molecule has 2 heteroatoms. The fraction of sp³-hybridized carbons (Fsp3) is 0.0794. The highest BCUT2D eigenvalue weighted by molar-refractivity contribution is 6.10. The van der Waals surface area contributed by atoms with Crippen LogP contribution in [0, 0.1) is 13.8 Å². The van der Waals surface area contributed by atoms with Crippen molar-refractivity contribution < 1.29 is 0 Å². The summed E-state index contributed by atoms with van der Waals surface area (Å²) >= 11 is 0. The molecule has 1 aliphatic rings. The Labute approximate surface area is 381 Å². The minimum Gasteiger partial charge on any atom is -0.310 e. The van der Waals surface area contributed by atoms with E-state index in [1.165, 1.54) is 105 Å². The van der Waals surface area contributed by atoms with Gasteiger partial charge in [-0.3, -0.25) is 0 Å². The molecule has 12 rings (SSSR count). The Kier molecular flexibility index (Phi) is 9.00. The lowest BCUT2D eigenvalue weighted by Gasteiger charge is -2.28. The number of fused-ring (bicyclic) bond motifs is 7. The molecular weight excluding hydrogens is 785 g/mol. The Morgan fingerprint density at radius 2 is 0.954 bits per heavy atom. The molecule has 0 radical (unpaired) electrons. The van der Waals surface area contributed by atoms with Crippen LogP contribution in [0.25, 0.3) is 82.8 Å². The van der Waals surface area contributed by atoms with Gasteiger partial charge >= 0.3 is 0 Å². The normalized spacial score (nSPS) is 12.7. The third kappa shape index (κ3) is 6.56. The summed E-state index contributed by atoms with van der Waals surface area (Å²) in [4.78, 5) is 2.41. The van der Waals surface area contributed by atoms with Crippen molar-refractivity contribution in [2.45, 2.75) is 33.1 Å². The van der Waals surface area contributed by atoms with E-state index in [0.29, 0.717) is 0 Å². The van der Waals surface area contributed by atoms with Gasteiger partial charge in [-0.2, -0.15) is 0 Å². The minimum absolute atomic E-state index is 0.103. The lowest BCUT2D eigenvalue weighted by molar-refractivity contribution is 0.660. The SMILES string of the molecule is Cc1cc(-c2ccc3ccc(C)cc3c2)cc(-n2c3ccccc3c3cc(-c4ccc(N(c5ccc(-c6ccccc6)cc5)c5ccc6c(c5)C(C)(C)c5ccccc5-6)cc4)ccc32)c1. The number of benzene rings is 10. The quantitative estimate of drug-likeness (QED) is 0.155. The molecule has 1 aliphatic carbocycles. The van der Waals surface area contributed by atoms with E-state index in [-0.39, 0.29) is 5.41 Å². The molecule has 0 aliphatic heterocycles. The van der Waals surface area contributed by atoms with Gasteiger partial charge in [0.05, 0.1) is 11.0 Å². The molecule has 0 unspecified atom stereocenters. The van der Waals surface area contributed by atoms with E-state index < -0.39 is 0 Å². The average Bonchev–Trinajstić information content (AvgIpc) is 3.79. The molecule has 0 saturated carbocycles. The maximum Gasteiger partial charge on any atom is 0.0541 e. The van der Waals surface area contributed by atoms with Crippen LogP contribution < -0.4 is 4.90 Å². The van der Waals surface area contributed by atoms with Gasteiger partial charge in [0.1, 0.15) is 0 Å². The number of rotatable bonds is 7. The molecule has 10 aromatic carbocycles. The third-order valence-corrected chi connectivity index (χ3v) is 13.8. The standard InChI is InChI=1S/C63H48N2/c1-41-18-19-46-20-21-47(37-49(46)34-41)50-35-42(2)36-54(38-50)65-61-17-11-9-15-57(61)58-39-48(26-33-62(58)65)45-24-29-52(30-25-45)64(51-27-22-44(23-28-51)43-12-6-5-7-13-43)53-31-32-56-55-14-8-10-16-59(55)63(3,4)60(56)40-53/h5-40H,1-4H3. The number of para-hydroxylation sites is 1. The molecule has 310 valence electrons. The van der Waals surface area contributed by atoms with Gasteiger partial charge < -0.3 is 9.47 Å². The maximum atomic E-state index is 2.44. The average molecular weight is 833 g/mol. The van der Waals surface area contributed by atoms with Crippen LogP contribution in [0.15, 0.2) is 218 Å². The number of hydrogen-bond acceptors (Lipinski definition) is 1. The van der Waals surface area contributed by atoms with Crippen molar-refractivity contribution in [2.24, 2.45) is 0 Å². The second-order valence-corrected chi connectivity index (χ2v) is 18.4. The Hall–Kier alpha value is -7.94. The second-order valence-electron chi connectivity index (χ2n) is 18.4. The lowest BCUT2D eigenvalue weighted by Crippen LogP contribution is -2.16. The van der Waals surface area contributed by atoms with Gasteiger partial charge in [-0.25, -0.2) is 0 Å². The van der Waals surface area contributed by atoms with Crippen LogP contribution in [0.1, 0.15) is 36.1 Å². The summed E-state index contributed by atoms with van der Waals surface area (Å²) in [6, 6.07) is 81.0. The van der Waals surface area contributed by atoms with Crippen LogP contribution in [-0.4, -0.2) is 4.57 Å². The van der Waals surface area contributed by atoms with E-state index >= 15 is 0 Å². The highest BCUT2D eigenvalue weighted by Gasteiger charge is 2.35. The number of anilines is 3. The first-order chi connectivity index (χ1) is 31.8. The fourth-order valence-electron chi connectivity index (χ4n) is 10.6. The molecule has 0 spiro atoms. The van der Waals surface area contributed by atoms with E-state index in [9.17, 15) is 0 Å². The molecule has 0 atom stereocenters. The van der Waals surface area contributed by atoms with Crippen LogP contribution in [0.3, 0.4) is 0 Å². The smallest absolute Gasteiger partial charge is 0.0541 e. The highest BCUT2D eigenvalue weighted by atomic mass is 15.1. The molecule has 1 aromatic heterocycles. The summed E-state index contributed by atoms with van der Waals surface area (Å²) in [7, 11) is 0. The fourth-order valence-corrected chi connectivity index (χ4v) is 10.6. The van der Waals surface area contributed by atoms with Gasteiger partial charge in [0, 0.05) is 38.9 Å². The summed E-state index contributed by atoms with van der Waals surface area (Å²) in [5, 5.41) is 5.03. The van der Waals surface area contributed by atoms with Crippen molar-refractivity contribution in [3.05, 3.63) is 241 Å². The molecular formula is C63H48N2. The Morgan fingerprint density at radius 3 is 1.75 bits per heavy atom. The molecule has 0 fully saturated rings. The zero-order valence-electron chi connectivity index (χ0n) is 37.2. The van der Waals surface area contributed by atoms with E-state index in [4.69, 9.17) is 0 Å². The number of nitrogens with zero attached hydrogens (tertiary/aromatic N) is 2. The van der Waals surface area contributed by atoms with Gasteiger partial charge in [-0.15, -0.1) is 0 Å². The van der Waals surface area contributed by atoms with Crippen molar-refractivity contribution in [3.8, 4) is 50.2 Å². The third-order valence-electron chi connectivity index (χ3n) is 13.8. The Bertz CT molecular complexity index is 3630. The molecule has 65 heavy (non-hydrogen) atoms. The van der Waals surface area contributed by atoms with Crippen molar-refractivity contribution in [1.82, 2.24) is 4.57 Å². The zero-order chi connectivity index (χ0) is 43.8. The summed E-state index contributed by atoms with van der Waals surface area (Å²) in [6.45, 7) is 9.08. The monoisotopic (exact) mass is 832 g/mol. The van der Waals surface area contributed by atoms with Gasteiger partial charge in [0.2, 0.25) is 0 Å². The molecule has 0 bridgehead atoms. The first-order valence-electron chi connectivity index (χ1n) is 22.7. The van der Waals surface area contributed by atoms with Crippen LogP contribution in [0.4, 0.5) is 17.1 Å². The predicted molar refractivity (Wildman–Crippen MR) is 276 cm³/mol. The zero-order valence-corrected chi connectivity index (χ0v) is 37.2. The second kappa shape index (κ2) is 15.1. The van der Waals surface area contributed by atoms with Gasteiger partial charge in [0.25, 0.3) is 0 Å².